The summed E-state index contributed by atoms with van der Waals surface area (Å²) in [6.07, 6.45) is -0.860. The maximum Gasteiger partial charge on any atom is 0.328 e. The van der Waals surface area contributed by atoms with Gasteiger partial charge in [0, 0.05) is 23.6 Å². The van der Waals surface area contributed by atoms with Gasteiger partial charge in [0.2, 0.25) is 0 Å². The van der Waals surface area contributed by atoms with Crippen LogP contribution in [0.1, 0.15) is 48.7 Å². The van der Waals surface area contributed by atoms with Crippen LogP contribution in [0.25, 0.3) is 0 Å². The lowest BCUT2D eigenvalue weighted by atomic mass is 9.97. The quantitative estimate of drug-likeness (QED) is 0.308. The van der Waals surface area contributed by atoms with Gasteiger partial charge in [-0.2, -0.15) is 0 Å². The molecule has 1 atom stereocenters. The predicted molar refractivity (Wildman–Crippen MR) is 146 cm³/mol. The van der Waals surface area contributed by atoms with Crippen LogP contribution in [-0.2, 0) is 30.1 Å². The van der Waals surface area contributed by atoms with Crippen LogP contribution < -0.4 is 9.47 Å². The summed E-state index contributed by atoms with van der Waals surface area (Å²) in [6, 6.07) is 18.4. The summed E-state index contributed by atoms with van der Waals surface area (Å²) >= 11 is 0. The molecule has 1 N–H and O–H groups in total. The zero-order valence-electron chi connectivity index (χ0n) is 22.5. The van der Waals surface area contributed by atoms with E-state index >= 15 is 0 Å². The topological polar surface area (TPSA) is 137 Å². The number of carboxylic acids is 1. The Balaban J connectivity index is 1.51. The second kappa shape index (κ2) is 9.77. The van der Waals surface area contributed by atoms with Crippen molar-refractivity contribution in [2.75, 3.05) is 0 Å². The van der Waals surface area contributed by atoms with E-state index in [1.54, 1.807) is 69.3 Å². The molecular formula is C30H27NO9S. The molecule has 0 aromatic heterocycles. The maximum atomic E-state index is 13.6. The molecule has 10 nitrogen and oxygen atoms in total. The van der Waals surface area contributed by atoms with E-state index in [1.165, 1.54) is 6.07 Å². The third kappa shape index (κ3) is 4.82. The number of nitrogens with zero attached hydrogens (tertiary/aromatic N) is 1. The van der Waals surface area contributed by atoms with Crippen molar-refractivity contribution in [1.82, 2.24) is 4.31 Å². The third-order valence-electron chi connectivity index (χ3n) is 6.52. The second-order valence-electron chi connectivity index (χ2n) is 10.6. The molecule has 0 unspecified atom stereocenters. The summed E-state index contributed by atoms with van der Waals surface area (Å²) in [5.74, 6) is -5.30. The number of ketones is 1. The normalized spacial score (nSPS) is 17.0. The molecule has 3 aromatic rings. The van der Waals surface area contributed by atoms with Gasteiger partial charge in [0.05, 0.1) is 5.56 Å². The van der Waals surface area contributed by atoms with Crippen LogP contribution in [0.4, 0.5) is 0 Å². The molecule has 0 saturated heterocycles. The van der Waals surface area contributed by atoms with Crippen LogP contribution >= 0.6 is 0 Å². The minimum absolute atomic E-state index is 0.0459. The number of amides is 1. The predicted octanol–water partition coefficient (Wildman–Crippen LogP) is 4.24. The molecule has 2 heterocycles. The molecule has 212 valence electrons. The van der Waals surface area contributed by atoms with E-state index in [0.29, 0.717) is 11.1 Å². The number of carbonyl (C=O) groups is 3. The first-order chi connectivity index (χ1) is 19.2. The maximum absolute atomic E-state index is 13.6. The zero-order valence-corrected chi connectivity index (χ0v) is 23.3. The van der Waals surface area contributed by atoms with Gasteiger partial charge in [-0.1, -0.05) is 67.2 Å². The van der Waals surface area contributed by atoms with Crippen LogP contribution in [0.5, 0.6) is 11.5 Å². The Kier molecular flexibility index (Phi) is 6.65. The van der Waals surface area contributed by atoms with Crippen LogP contribution in [-0.4, -0.2) is 47.1 Å². The molecule has 0 bridgehead atoms. The monoisotopic (exact) mass is 577 g/mol. The van der Waals surface area contributed by atoms with Crippen LogP contribution in [0.3, 0.4) is 0 Å². The number of carbonyl (C=O) groups excluding carboxylic acids is 2. The largest absolute Gasteiger partial charge is 0.485 e. The molecule has 2 aliphatic rings. The van der Waals surface area contributed by atoms with Crippen molar-refractivity contribution >= 4 is 27.7 Å². The first-order valence-corrected chi connectivity index (χ1v) is 14.1. The molecule has 0 saturated carbocycles. The molecule has 5 rings (SSSR count). The number of rotatable bonds is 8. The van der Waals surface area contributed by atoms with Gasteiger partial charge in [-0.05, 0) is 26.8 Å². The van der Waals surface area contributed by atoms with Gasteiger partial charge in [0.25, 0.3) is 15.9 Å². The second-order valence-corrected chi connectivity index (χ2v) is 12.4. The van der Waals surface area contributed by atoms with E-state index in [9.17, 15) is 27.9 Å². The SMILES string of the molecule is C=C(OC(C)(C)C)C(=O)C[C@@H](C(=O)O)N1C(=O)c2cc3c(cc2S1(=O)=O)OC(c1ccccc1)(c1ccccc1)O3. The molecule has 3 aromatic carbocycles. The minimum Gasteiger partial charge on any atom is -0.485 e. The standard InChI is InChI=1S/C30H27NO9S/c1-18(38-29(2,3)4)23(32)16-22(28(34)35)31-27(33)21-15-24-25(17-26(21)41(31,36)37)40-30(39-24,19-11-7-5-8-12-19)20-13-9-6-10-14-20/h5-15,17,22H,1,16H2,2-4H3,(H,34,35)/t22-/m0/s1. The first kappa shape index (κ1) is 27.9. The Morgan fingerprint density at radius 2 is 1.49 bits per heavy atom. The fourth-order valence-electron chi connectivity index (χ4n) is 4.76. The number of aliphatic carboxylic acids is 1. The van der Waals surface area contributed by atoms with Gasteiger partial charge in [-0.3, -0.25) is 9.59 Å². The van der Waals surface area contributed by atoms with Crippen molar-refractivity contribution in [3.05, 3.63) is 102 Å². The number of hydrogen-bond acceptors (Lipinski definition) is 8. The van der Waals surface area contributed by atoms with Crippen LogP contribution in [0.15, 0.2) is 90.0 Å². The third-order valence-corrected chi connectivity index (χ3v) is 8.35. The lowest BCUT2D eigenvalue weighted by Crippen LogP contribution is -2.46. The number of sulfonamides is 1. The summed E-state index contributed by atoms with van der Waals surface area (Å²) in [7, 11) is -4.69. The van der Waals surface area contributed by atoms with Gasteiger partial charge >= 0.3 is 11.8 Å². The Morgan fingerprint density at radius 1 is 0.976 bits per heavy atom. The first-order valence-electron chi connectivity index (χ1n) is 12.6. The number of carboxylic acid groups (broad SMARTS) is 1. The molecule has 0 radical (unpaired) electrons. The summed E-state index contributed by atoms with van der Waals surface area (Å²) in [5.41, 5.74) is 0.154. The number of hydrogen-bond donors (Lipinski definition) is 1. The Labute approximate surface area is 236 Å². The highest BCUT2D eigenvalue weighted by atomic mass is 32.2. The van der Waals surface area contributed by atoms with Gasteiger partial charge in [-0.15, -0.1) is 0 Å². The van der Waals surface area contributed by atoms with Gasteiger partial charge < -0.3 is 19.3 Å². The van der Waals surface area contributed by atoms with E-state index in [1.807, 2.05) is 12.1 Å². The summed E-state index contributed by atoms with van der Waals surface area (Å²) in [5, 5.41) is 9.88. The molecule has 0 spiro atoms. The van der Waals surface area contributed by atoms with Crippen molar-refractivity contribution in [2.24, 2.45) is 0 Å². The summed E-state index contributed by atoms with van der Waals surface area (Å²) < 4.78 is 45.4. The van der Waals surface area contributed by atoms with E-state index < -0.39 is 56.4 Å². The molecular weight excluding hydrogens is 550 g/mol. The zero-order chi connectivity index (χ0) is 29.7. The average molecular weight is 578 g/mol. The van der Waals surface area contributed by atoms with E-state index in [0.717, 1.165) is 6.07 Å². The van der Waals surface area contributed by atoms with Crippen LogP contribution in [0, 0.1) is 0 Å². The van der Waals surface area contributed by atoms with Crippen molar-refractivity contribution in [3.63, 3.8) is 0 Å². The Morgan fingerprint density at radius 3 is 1.98 bits per heavy atom. The van der Waals surface area contributed by atoms with Crippen molar-refractivity contribution in [2.45, 2.75) is 49.5 Å². The van der Waals surface area contributed by atoms with E-state index in [4.69, 9.17) is 14.2 Å². The van der Waals surface area contributed by atoms with Crippen molar-refractivity contribution in [3.8, 4) is 11.5 Å². The molecule has 0 fully saturated rings. The lowest BCUT2D eigenvalue weighted by molar-refractivity contribution is -0.142. The average Bonchev–Trinajstić information content (AvgIpc) is 3.39. The highest BCUT2D eigenvalue weighted by Crippen LogP contribution is 2.50. The number of benzene rings is 3. The van der Waals surface area contributed by atoms with E-state index in [-0.39, 0.29) is 27.1 Å². The number of allylic oxidation sites excluding steroid dienone is 1. The van der Waals surface area contributed by atoms with Crippen molar-refractivity contribution in [1.29, 1.82) is 0 Å². The highest BCUT2D eigenvalue weighted by Gasteiger charge is 2.52. The smallest absolute Gasteiger partial charge is 0.328 e. The fraction of sp³-hybridized carbons (Fsp3) is 0.233. The minimum atomic E-state index is -4.69. The molecule has 1 amide bonds. The van der Waals surface area contributed by atoms with E-state index in [2.05, 4.69) is 6.58 Å². The number of Topliss-reactive ketones (excluding diaryl/α,β-unsaturated/α-hetero) is 1. The van der Waals surface area contributed by atoms with Crippen molar-refractivity contribution < 1.29 is 42.1 Å². The van der Waals surface area contributed by atoms with Gasteiger partial charge in [0.15, 0.2) is 29.1 Å². The molecule has 2 aliphatic heterocycles. The highest BCUT2D eigenvalue weighted by molar-refractivity contribution is 7.90. The summed E-state index contributed by atoms with van der Waals surface area (Å²) in [6.45, 7) is 8.53. The molecule has 41 heavy (non-hydrogen) atoms. The van der Waals surface area contributed by atoms with Crippen LogP contribution in [0.2, 0.25) is 0 Å². The molecule has 0 aliphatic carbocycles. The fourth-order valence-corrected chi connectivity index (χ4v) is 6.47. The van der Waals surface area contributed by atoms with Gasteiger partial charge in [0.1, 0.15) is 10.5 Å². The lowest BCUT2D eigenvalue weighted by Gasteiger charge is -2.28. The summed E-state index contributed by atoms with van der Waals surface area (Å²) in [4.78, 5) is 37.9. The Bertz CT molecular complexity index is 1640. The van der Waals surface area contributed by atoms with Gasteiger partial charge in [-0.25, -0.2) is 17.5 Å². The number of ether oxygens (including phenoxy) is 3. The Hall–Kier alpha value is -4.64. The molecule has 11 heteroatoms. The number of fused-ring (bicyclic) bond motifs is 2.